The highest BCUT2D eigenvalue weighted by atomic mass is 16.5. The van der Waals surface area contributed by atoms with E-state index in [1.54, 1.807) is 31.4 Å². The molecule has 2 aromatic carbocycles. The minimum Gasteiger partial charge on any atom is -0.493 e. The summed E-state index contributed by atoms with van der Waals surface area (Å²) in [6, 6.07) is 13.0. The molecule has 0 aromatic heterocycles. The minimum absolute atomic E-state index is 0.0568. The predicted molar refractivity (Wildman–Crippen MR) is 100 cm³/mol. The summed E-state index contributed by atoms with van der Waals surface area (Å²) in [6.45, 7) is 6.43. The summed E-state index contributed by atoms with van der Waals surface area (Å²) in [5.41, 5.74) is 2.85. The van der Waals surface area contributed by atoms with Crippen molar-refractivity contribution in [2.45, 2.75) is 26.2 Å². The molecule has 25 heavy (non-hydrogen) atoms. The zero-order chi connectivity index (χ0) is 18.6. The van der Waals surface area contributed by atoms with E-state index in [0.717, 1.165) is 5.56 Å². The maximum atomic E-state index is 11.7. The number of hydrogen-bond donors (Lipinski definition) is 1. The molecule has 1 N–H and O–H groups in total. The number of carboxylic acid groups (broad SMARTS) is 1. The Hall–Kier alpha value is -2.75. The van der Waals surface area contributed by atoms with Crippen molar-refractivity contribution in [3.63, 3.8) is 0 Å². The van der Waals surface area contributed by atoms with Gasteiger partial charge in [0.2, 0.25) is 0 Å². The molecule has 2 aromatic rings. The molecule has 0 radical (unpaired) electrons. The van der Waals surface area contributed by atoms with E-state index < -0.39 is 5.97 Å². The van der Waals surface area contributed by atoms with Crippen LogP contribution in [-0.4, -0.2) is 25.3 Å². The molecule has 0 aliphatic carbocycles. The molecule has 0 fully saturated rings. The lowest BCUT2D eigenvalue weighted by Gasteiger charge is -2.18. The number of methoxy groups -OCH3 is 2. The highest BCUT2D eigenvalue weighted by Gasteiger charge is 2.15. The first kappa shape index (κ1) is 18.6. The van der Waals surface area contributed by atoms with Gasteiger partial charge >= 0.3 is 5.97 Å². The van der Waals surface area contributed by atoms with Crippen molar-refractivity contribution in [1.82, 2.24) is 0 Å². The SMILES string of the molecule is COc1ccc(/C(=C/c2ccc(C(C)(C)C)cc2)C(=O)O)cc1OC. The molecule has 0 heterocycles. The van der Waals surface area contributed by atoms with Gasteiger partial charge in [-0.1, -0.05) is 51.1 Å². The Bertz CT molecular complexity index is 781. The van der Waals surface area contributed by atoms with Crippen LogP contribution in [-0.2, 0) is 10.2 Å². The molecular formula is C21H24O4. The number of ether oxygens (including phenoxy) is 2. The van der Waals surface area contributed by atoms with Crippen molar-refractivity contribution >= 4 is 17.6 Å². The van der Waals surface area contributed by atoms with Crippen molar-refractivity contribution in [2.75, 3.05) is 14.2 Å². The van der Waals surface area contributed by atoms with Crippen molar-refractivity contribution in [2.24, 2.45) is 0 Å². The van der Waals surface area contributed by atoms with Gasteiger partial charge in [0.1, 0.15) is 0 Å². The Labute approximate surface area is 148 Å². The maximum Gasteiger partial charge on any atom is 0.336 e. The molecule has 132 valence electrons. The van der Waals surface area contributed by atoms with Crippen LogP contribution in [0.3, 0.4) is 0 Å². The fourth-order valence-electron chi connectivity index (χ4n) is 2.52. The first-order chi connectivity index (χ1) is 11.8. The predicted octanol–water partition coefficient (Wildman–Crippen LogP) is 4.63. The fourth-order valence-corrected chi connectivity index (χ4v) is 2.52. The molecule has 0 bridgehead atoms. The van der Waals surface area contributed by atoms with E-state index in [0.29, 0.717) is 17.1 Å². The lowest BCUT2D eigenvalue weighted by Crippen LogP contribution is -2.10. The van der Waals surface area contributed by atoms with Gasteiger partial charge in [-0.2, -0.15) is 0 Å². The van der Waals surface area contributed by atoms with Gasteiger partial charge in [-0.15, -0.1) is 0 Å². The molecule has 0 spiro atoms. The maximum absolute atomic E-state index is 11.7. The molecular weight excluding hydrogens is 316 g/mol. The Balaban J connectivity index is 2.44. The largest absolute Gasteiger partial charge is 0.493 e. The van der Waals surface area contributed by atoms with Crippen LogP contribution in [0.2, 0.25) is 0 Å². The summed E-state index contributed by atoms with van der Waals surface area (Å²) < 4.78 is 10.5. The van der Waals surface area contributed by atoms with Crippen LogP contribution in [0.4, 0.5) is 0 Å². The summed E-state index contributed by atoms with van der Waals surface area (Å²) in [5, 5.41) is 9.62. The molecule has 0 saturated heterocycles. The van der Waals surface area contributed by atoms with Crippen LogP contribution >= 0.6 is 0 Å². The number of carboxylic acids is 1. The second-order valence-corrected chi connectivity index (χ2v) is 6.80. The van der Waals surface area contributed by atoms with Crippen LogP contribution in [0.25, 0.3) is 11.6 Å². The van der Waals surface area contributed by atoms with Gasteiger partial charge in [0.15, 0.2) is 11.5 Å². The second kappa shape index (κ2) is 7.43. The van der Waals surface area contributed by atoms with Crippen molar-refractivity contribution in [1.29, 1.82) is 0 Å². The topological polar surface area (TPSA) is 55.8 Å². The van der Waals surface area contributed by atoms with Crippen LogP contribution in [0.15, 0.2) is 42.5 Å². The van der Waals surface area contributed by atoms with E-state index in [4.69, 9.17) is 9.47 Å². The average Bonchev–Trinajstić information content (AvgIpc) is 2.58. The average molecular weight is 340 g/mol. The number of hydrogen-bond acceptors (Lipinski definition) is 3. The van der Waals surface area contributed by atoms with Gasteiger partial charge in [0.05, 0.1) is 19.8 Å². The van der Waals surface area contributed by atoms with Crippen LogP contribution in [0.1, 0.15) is 37.5 Å². The van der Waals surface area contributed by atoms with Gasteiger partial charge < -0.3 is 14.6 Å². The van der Waals surface area contributed by atoms with Crippen molar-refractivity contribution in [3.8, 4) is 11.5 Å². The van der Waals surface area contributed by atoms with Gasteiger partial charge in [0.25, 0.3) is 0 Å². The van der Waals surface area contributed by atoms with E-state index in [1.807, 2.05) is 24.3 Å². The highest BCUT2D eigenvalue weighted by molar-refractivity contribution is 6.20. The Morgan fingerprint density at radius 3 is 2.04 bits per heavy atom. The molecule has 2 rings (SSSR count). The third-order valence-electron chi connectivity index (χ3n) is 4.01. The molecule has 0 unspecified atom stereocenters. The smallest absolute Gasteiger partial charge is 0.336 e. The molecule has 0 aliphatic heterocycles. The summed E-state index contributed by atoms with van der Waals surface area (Å²) in [5.74, 6) is 0.0628. The molecule has 4 nitrogen and oxygen atoms in total. The standard InChI is InChI=1S/C21H24O4/c1-21(2,3)16-9-6-14(7-10-16)12-17(20(22)23)15-8-11-18(24-4)19(13-15)25-5/h6-13H,1-5H3,(H,22,23)/b17-12-. The summed E-state index contributed by atoms with van der Waals surface area (Å²) >= 11 is 0. The monoisotopic (exact) mass is 340 g/mol. The van der Waals surface area contributed by atoms with Crippen LogP contribution < -0.4 is 9.47 Å². The molecule has 4 heteroatoms. The van der Waals surface area contributed by atoms with E-state index in [-0.39, 0.29) is 11.0 Å². The van der Waals surface area contributed by atoms with E-state index in [1.165, 1.54) is 12.7 Å². The van der Waals surface area contributed by atoms with Crippen molar-refractivity contribution < 1.29 is 19.4 Å². The molecule has 0 amide bonds. The Kier molecular flexibility index (Phi) is 5.52. The number of rotatable bonds is 5. The zero-order valence-electron chi connectivity index (χ0n) is 15.3. The number of carbonyl (C=O) groups is 1. The van der Waals surface area contributed by atoms with Gasteiger partial charge in [-0.05, 0) is 40.3 Å². The number of aliphatic carboxylic acids is 1. The first-order valence-electron chi connectivity index (χ1n) is 8.04. The Morgan fingerprint density at radius 1 is 0.960 bits per heavy atom. The Morgan fingerprint density at radius 2 is 1.56 bits per heavy atom. The van der Waals surface area contributed by atoms with Crippen LogP contribution in [0.5, 0.6) is 11.5 Å². The summed E-state index contributed by atoms with van der Waals surface area (Å²) in [7, 11) is 3.07. The molecule has 0 saturated carbocycles. The van der Waals surface area contributed by atoms with Crippen LogP contribution in [0, 0.1) is 0 Å². The highest BCUT2D eigenvalue weighted by Crippen LogP contribution is 2.31. The summed E-state index contributed by atoms with van der Waals surface area (Å²) in [6.07, 6.45) is 1.66. The quantitative estimate of drug-likeness (QED) is 0.637. The molecule has 0 atom stereocenters. The lowest BCUT2D eigenvalue weighted by molar-refractivity contribution is -0.130. The third-order valence-corrected chi connectivity index (χ3v) is 4.01. The van der Waals surface area contributed by atoms with Gasteiger partial charge in [-0.3, -0.25) is 0 Å². The normalized spacial score (nSPS) is 12.0. The van der Waals surface area contributed by atoms with E-state index in [9.17, 15) is 9.90 Å². The van der Waals surface area contributed by atoms with Gasteiger partial charge in [-0.25, -0.2) is 4.79 Å². The van der Waals surface area contributed by atoms with E-state index in [2.05, 4.69) is 20.8 Å². The minimum atomic E-state index is -0.993. The lowest BCUT2D eigenvalue weighted by atomic mass is 9.86. The van der Waals surface area contributed by atoms with Gasteiger partial charge in [0, 0.05) is 0 Å². The summed E-state index contributed by atoms with van der Waals surface area (Å²) in [4.78, 5) is 11.7. The fraction of sp³-hybridized carbons (Fsp3) is 0.286. The molecule has 0 aliphatic rings. The second-order valence-electron chi connectivity index (χ2n) is 6.80. The first-order valence-corrected chi connectivity index (χ1v) is 8.04. The van der Waals surface area contributed by atoms with E-state index >= 15 is 0 Å². The number of benzene rings is 2. The zero-order valence-corrected chi connectivity index (χ0v) is 15.3. The third kappa shape index (κ3) is 4.41. The van der Waals surface area contributed by atoms with Crippen molar-refractivity contribution in [3.05, 3.63) is 59.2 Å².